The van der Waals surface area contributed by atoms with Crippen LogP contribution in [0.5, 0.6) is 0 Å². The molecule has 0 saturated carbocycles. The first-order valence-corrected chi connectivity index (χ1v) is 6.60. The Morgan fingerprint density at radius 2 is 2.06 bits per heavy atom. The second kappa shape index (κ2) is 5.34. The van der Waals surface area contributed by atoms with Crippen molar-refractivity contribution in [2.45, 2.75) is 0 Å². The van der Waals surface area contributed by atoms with Gasteiger partial charge in [0.2, 0.25) is 0 Å². The molecule has 0 bridgehead atoms. The van der Waals surface area contributed by atoms with E-state index < -0.39 is 0 Å². The fraction of sp³-hybridized carbons (Fsp3) is 0.0833. The second-order valence-electron chi connectivity index (χ2n) is 3.73. The summed E-state index contributed by atoms with van der Waals surface area (Å²) in [5.41, 5.74) is 1.02. The molecular weight excluding hydrogens is 339 g/mol. The molecule has 6 heteroatoms. The van der Waals surface area contributed by atoms with Gasteiger partial charge >= 0.3 is 0 Å². The number of nitrogens with one attached hydrogen (secondary N) is 1. The van der Waals surface area contributed by atoms with E-state index in [4.69, 9.17) is 23.2 Å². The summed E-state index contributed by atoms with van der Waals surface area (Å²) in [6.45, 7) is 0. The Balaban J connectivity index is 2.26. The van der Waals surface area contributed by atoms with Crippen molar-refractivity contribution in [1.82, 2.24) is 4.57 Å². The number of aryl methyl sites for hydroxylation is 1. The highest BCUT2D eigenvalue weighted by Crippen LogP contribution is 2.26. The Morgan fingerprint density at radius 1 is 1.33 bits per heavy atom. The lowest BCUT2D eigenvalue weighted by atomic mass is 10.3. The highest BCUT2D eigenvalue weighted by Gasteiger charge is 2.13. The van der Waals surface area contributed by atoms with E-state index in [9.17, 15) is 4.79 Å². The maximum Gasteiger partial charge on any atom is 0.272 e. The van der Waals surface area contributed by atoms with Gasteiger partial charge in [0.05, 0.1) is 10.7 Å². The Labute approximate surface area is 123 Å². The molecule has 0 saturated heterocycles. The number of hydrogen-bond acceptors (Lipinski definition) is 1. The number of carbonyl (C=O) groups excluding carboxylic acids is 1. The number of benzene rings is 1. The monoisotopic (exact) mass is 346 g/mol. The molecule has 3 nitrogen and oxygen atoms in total. The van der Waals surface area contributed by atoms with Gasteiger partial charge in [0, 0.05) is 22.7 Å². The maximum absolute atomic E-state index is 12.1. The molecule has 18 heavy (non-hydrogen) atoms. The molecule has 2 rings (SSSR count). The van der Waals surface area contributed by atoms with E-state index in [1.54, 1.807) is 42.1 Å². The molecule has 1 heterocycles. The van der Waals surface area contributed by atoms with Gasteiger partial charge in [0.15, 0.2) is 0 Å². The van der Waals surface area contributed by atoms with Crippen molar-refractivity contribution >= 4 is 50.7 Å². The first-order valence-electron chi connectivity index (χ1n) is 5.05. The zero-order valence-electron chi connectivity index (χ0n) is 9.38. The Hall–Kier alpha value is -0.970. The zero-order chi connectivity index (χ0) is 13.3. The van der Waals surface area contributed by atoms with E-state index in [0.29, 0.717) is 21.4 Å². The number of halogens is 3. The lowest BCUT2D eigenvalue weighted by molar-refractivity contribution is 0.101. The molecule has 1 aromatic carbocycles. The smallest absolute Gasteiger partial charge is 0.272 e. The van der Waals surface area contributed by atoms with Crippen molar-refractivity contribution in [3.05, 3.63) is 50.7 Å². The minimum Gasteiger partial charge on any atom is -0.345 e. The van der Waals surface area contributed by atoms with Crippen molar-refractivity contribution in [2.24, 2.45) is 7.05 Å². The van der Waals surface area contributed by atoms with Gasteiger partial charge in [0.25, 0.3) is 5.91 Å². The van der Waals surface area contributed by atoms with Crippen LogP contribution in [0.25, 0.3) is 0 Å². The number of hydrogen-bond donors (Lipinski definition) is 1. The van der Waals surface area contributed by atoms with Crippen molar-refractivity contribution in [2.75, 3.05) is 5.32 Å². The Kier molecular flexibility index (Phi) is 4.00. The van der Waals surface area contributed by atoms with E-state index in [2.05, 4.69) is 21.2 Å². The van der Waals surface area contributed by atoms with Crippen LogP contribution in [0.4, 0.5) is 5.69 Å². The molecule has 0 atom stereocenters. The third-order valence-electron chi connectivity index (χ3n) is 2.38. The van der Waals surface area contributed by atoms with Crippen LogP contribution in [0.15, 0.2) is 34.9 Å². The number of carbonyl (C=O) groups is 1. The summed E-state index contributed by atoms with van der Waals surface area (Å²) in [5, 5.41) is 3.69. The Morgan fingerprint density at radius 3 is 2.67 bits per heavy atom. The average molecular weight is 348 g/mol. The lowest BCUT2D eigenvalue weighted by Crippen LogP contribution is -2.15. The molecule has 0 unspecified atom stereocenters. The molecule has 94 valence electrons. The summed E-state index contributed by atoms with van der Waals surface area (Å²) in [6.07, 6.45) is 1.80. The zero-order valence-corrected chi connectivity index (χ0v) is 12.5. The molecule has 0 aliphatic carbocycles. The first kappa shape index (κ1) is 13.5. The molecule has 1 aromatic heterocycles. The number of anilines is 1. The SMILES string of the molecule is Cn1cc(Br)cc1C(=O)Nc1cc(Cl)ccc1Cl. The van der Waals surface area contributed by atoms with Crippen LogP contribution in [0.1, 0.15) is 10.5 Å². The molecule has 0 spiro atoms. The standard InChI is InChI=1S/C12H9BrCl2N2O/c1-17-6-7(13)4-11(17)12(18)16-10-5-8(14)2-3-9(10)15/h2-6H,1H3,(H,16,18). The van der Waals surface area contributed by atoms with E-state index in [0.717, 1.165) is 4.47 Å². The van der Waals surface area contributed by atoms with Gasteiger partial charge in [-0.2, -0.15) is 0 Å². The molecule has 2 aromatic rings. The summed E-state index contributed by atoms with van der Waals surface area (Å²) >= 11 is 15.2. The van der Waals surface area contributed by atoms with Crippen LogP contribution in [0, 0.1) is 0 Å². The molecule has 1 N–H and O–H groups in total. The van der Waals surface area contributed by atoms with E-state index >= 15 is 0 Å². The third kappa shape index (κ3) is 2.88. The third-order valence-corrected chi connectivity index (χ3v) is 3.38. The maximum atomic E-state index is 12.1. The van der Waals surface area contributed by atoms with Crippen LogP contribution in [0.3, 0.4) is 0 Å². The first-order chi connectivity index (χ1) is 8.47. The van der Waals surface area contributed by atoms with Crippen molar-refractivity contribution < 1.29 is 4.79 Å². The summed E-state index contributed by atoms with van der Waals surface area (Å²) in [5.74, 6) is -0.243. The molecule has 0 aliphatic heterocycles. The minimum atomic E-state index is -0.243. The van der Waals surface area contributed by atoms with Crippen molar-refractivity contribution in [1.29, 1.82) is 0 Å². The van der Waals surface area contributed by atoms with Crippen LogP contribution in [-0.4, -0.2) is 10.5 Å². The minimum absolute atomic E-state index is 0.243. The van der Waals surface area contributed by atoms with Gasteiger partial charge < -0.3 is 9.88 Å². The van der Waals surface area contributed by atoms with E-state index in [-0.39, 0.29) is 5.91 Å². The second-order valence-corrected chi connectivity index (χ2v) is 5.49. The quantitative estimate of drug-likeness (QED) is 0.861. The summed E-state index contributed by atoms with van der Waals surface area (Å²) in [7, 11) is 1.79. The van der Waals surface area contributed by atoms with Crippen LogP contribution < -0.4 is 5.32 Å². The number of amides is 1. The molecular formula is C12H9BrCl2N2O. The fourth-order valence-corrected chi connectivity index (χ4v) is 2.39. The summed E-state index contributed by atoms with van der Waals surface area (Å²) in [4.78, 5) is 12.1. The van der Waals surface area contributed by atoms with Crippen LogP contribution >= 0.6 is 39.1 Å². The predicted molar refractivity (Wildman–Crippen MR) is 77.5 cm³/mol. The van der Waals surface area contributed by atoms with Crippen molar-refractivity contribution in [3.8, 4) is 0 Å². The van der Waals surface area contributed by atoms with Crippen LogP contribution in [-0.2, 0) is 7.05 Å². The predicted octanol–water partition coefficient (Wildman–Crippen LogP) is 4.35. The Bertz CT molecular complexity index is 610. The number of aromatic nitrogens is 1. The van der Waals surface area contributed by atoms with Gasteiger partial charge in [-0.15, -0.1) is 0 Å². The molecule has 0 aliphatic rings. The van der Waals surface area contributed by atoms with Gasteiger partial charge in [-0.25, -0.2) is 0 Å². The van der Waals surface area contributed by atoms with Gasteiger partial charge in [-0.3, -0.25) is 4.79 Å². The van der Waals surface area contributed by atoms with Gasteiger partial charge in [0.1, 0.15) is 5.69 Å². The largest absolute Gasteiger partial charge is 0.345 e. The summed E-state index contributed by atoms with van der Waals surface area (Å²) < 4.78 is 2.56. The van der Waals surface area contributed by atoms with Crippen molar-refractivity contribution in [3.63, 3.8) is 0 Å². The van der Waals surface area contributed by atoms with Gasteiger partial charge in [-0.05, 0) is 40.2 Å². The highest BCUT2D eigenvalue weighted by molar-refractivity contribution is 9.10. The lowest BCUT2D eigenvalue weighted by Gasteiger charge is -2.08. The average Bonchev–Trinajstić information content (AvgIpc) is 2.63. The summed E-state index contributed by atoms with van der Waals surface area (Å²) in [6, 6.07) is 6.65. The van der Waals surface area contributed by atoms with E-state index in [1.165, 1.54) is 0 Å². The molecule has 0 fully saturated rings. The topological polar surface area (TPSA) is 34.0 Å². The normalized spacial score (nSPS) is 10.4. The molecule has 1 amide bonds. The number of rotatable bonds is 2. The highest BCUT2D eigenvalue weighted by atomic mass is 79.9. The van der Waals surface area contributed by atoms with Crippen LogP contribution in [0.2, 0.25) is 10.0 Å². The van der Waals surface area contributed by atoms with Gasteiger partial charge in [-0.1, -0.05) is 23.2 Å². The molecule has 0 radical (unpaired) electrons. The fourth-order valence-electron chi connectivity index (χ4n) is 1.53. The number of nitrogens with zero attached hydrogens (tertiary/aromatic N) is 1. The van der Waals surface area contributed by atoms with E-state index in [1.807, 2.05) is 0 Å².